The quantitative estimate of drug-likeness (QED) is 0.754. The fraction of sp³-hybridized carbons (Fsp3) is 0.550. The van der Waals surface area contributed by atoms with Gasteiger partial charge in [0.25, 0.3) is 0 Å². The lowest BCUT2D eigenvalue weighted by Gasteiger charge is -2.40. The predicted octanol–water partition coefficient (Wildman–Crippen LogP) is 3.36. The van der Waals surface area contributed by atoms with Gasteiger partial charge in [-0.05, 0) is 38.7 Å². The molecular formula is C20H30N2O2. The van der Waals surface area contributed by atoms with Gasteiger partial charge >= 0.3 is 0 Å². The second kappa shape index (κ2) is 9.00. The zero-order chi connectivity index (χ0) is 17.4. The summed E-state index contributed by atoms with van der Waals surface area (Å²) in [5, 5.41) is 6.87. The number of rotatable bonds is 7. The molecule has 1 aliphatic rings. The van der Waals surface area contributed by atoms with E-state index in [1.807, 2.05) is 26.0 Å². The van der Waals surface area contributed by atoms with Gasteiger partial charge < -0.3 is 15.4 Å². The lowest BCUT2D eigenvalue weighted by Crippen LogP contribution is -2.57. The van der Waals surface area contributed by atoms with E-state index in [1.54, 1.807) is 0 Å². The molecule has 1 atom stereocenters. The standard InChI is InChI=1S/C20H30N2O2/c1-4-8-16(2)19(23)21-15-20(11-13-24-14-12-20)22-17(3)18-9-6-5-7-10-18/h5-10,17,22H,4,11-15H2,1-3H3,(H,21,23)/b16-8+/t17-/m1/s1. The summed E-state index contributed by atoms with van der Waals surface area (Å²) in [6, 6.07) is 10.7. The van der Waals surface area contributed by atoms with Crippen molar-refractivity contribution in [3.8, 4) is 0 Å². The Bertz CT molecular complexity index is 548. The molecule has 4 heteroatoms. The Morgan fingerprint density at radius 1 is 1.29 bits per heavy atom. The van der Waals surface area contributed by atoms with Gasteiger partial charge in [0.15, 0.2) is 0 Å². The third kappa shape index (κ3) is 5.18. The molecule has 2 rings (SSSR count). The largest absolute Gasteiger partial charge is 0.381 e. The summed E-state index contributed by atoms with van der Waals surface area (Å²) in [5.41, 5.74) is 1.93. The number of carbonyl (C=O) groups is 1. The molecule has 1 amide bonds. The first-order valence-electron chi connectivity index (χ1n) is 8.92. The van der Waals surface area contributed by atoms with Crippen molar-refractivity contribution in [2.45, 2.75) is 51.6 Å². The number of ether oxygens (including phenoxy) is 1. The minimum Gasteiger partial charge on any atom is -0.381 e. The molecule has 0 unspecified atom stereocenters. The van der Waals surface area contributed by atoms with Gasteiger partial charge in [-0.2, -0.15) is 0 Å². The van der Waals surface area contributed by atoms with Crippen LogP contribution in [0.4, 0.5) is 0 Å². The van der Waals surface area contributed by atoms with E-state index in [0.29, 0.717) is 6.54 Å². The summed E-state index contributed by atoms with van der Waals surface area (Å²) in [4.78, 5) is 12.2. The lowest BCUT2D eigenvalue weighted by molar-refractivity contribution is -0.118. The number of benzene rings is 1. The van der Waals surface area contributed by atoms with Crippen LogP contribution in [-0.2, 0) is 9.53 Å². The van der Waals surface area contributed by atoms with Crippen molar-refractivity contribution in [2.24, 2.45) is 0 Å². The van der Waals surface area contributed by atoms with Crippen LogP contribution in [0.3, 0.4) is 0 Å². The van der Waals surface area contributed by atoms with Gasteiger partial charge in [0, 0.05) is 36.9 Å². The van der Waals surface area contributed by atoms with Gasteiger partial charge in [0.2, 0.25) is 5.91 Å². The Morgan fingerprint density at radius 2 is 1.96 bits per heavy atom. The fourth-order valence-corrected chi connectivity index (χ4v) is 3.21. The van der Waals surface area contributed by atoms with Crippen LogP contribution >= 0.6 is 0 Å². The third-order valence-electron chi connectivity index (χ3n) is 4.73. The molecular weight excluding hydrogens is 300 g/mol. The van der Waals surface area contributed by atoms with E-state index < -0.39 is 0 Å². The molecule has 1 fully saturated rings. The smallest absolute Gasteiger partial charge is 0.246 e. The maximum Gasteiger partial charge on any atom is 0.246 e. The Kier molecular flexibility index (Phi) is 7.00. The van der Waals surface area contributed by atoms with Crippen LogP contribution in [-0.4, -0.2) is 31.2 Å². The van der Waals surface area contributed by atoms with Crippen molar-refractivity contribution in [2.75, 3.05) is 19.8 Å². The van der Waals surface area contributed by atoms with Crippen molar-refractivity contribution in [1.82, 2.24) is 10.6 Å². The average molecular weight is 330 g/mol. The van der Waals surface area contributed by atoms with E-state index in [2.05, 4.69) is 41.8 Å². The molecule has 132 valence electrons. The Morgan fingerprint density at radius 3 is 2.58 bits per heavy atom. The number of carbonyl (C=O) groups excluding carboxylic acids is 1. The van der Waals surface area contributed by atoms with Crippen LogP contribution < -0.4 is 10.6 Å². The molecule has 1 saturated heterocycles. The number of hydrogen-bond acceptors (Lipinski definition) is 3. The zero-order valence-corrected chi connectivity index (χ0v) is 15.1. The zero-order valence-electron chi connectivity index (χ0n) is 15.1. The molecule has 1 aromatic carbocycles. The topological polar surface area (TPSA) is 50.4 Å². The molecule has 1 aromatic rings. The first-order chi connectivity index (χ1) is 11.6. The molecule has 0 saturated carbocycles. The van der Waals surface area contributed by atoms with Gasteiger partial charge in [-0.1, -0.05) is 43.3 Å². The predicted molar refractivity (Wildman–Crippen MR) is 97.8 cm³/mol. The first kappa shape index (κ1) is 18.7. The summed E-state index contributed by atoms with van der Waals surface area (Å²) in [6.45, 7) is 8.18. The van der Waals surface area contributed by atoms with Gasteiger partial charge in [0.1, 0.15) is 0 Å². The Hall–Kier alpha value is -1.65. The maximum atomic E-state index is 12.2. The Labute approximate surface area is 145 Å². The second-order valence-corrected chi connectivity index (χ2v) is 6.65. The van der Waals surface area contributed by atoms with Crippen molar-refractivity contribution < 1.29 is 9.53 Å². The molecule has 4 nitrogen and oxygen atoms in total. The normalized spacial score (nSPS) is 18.9. The minimum absolute atomic E-state index is 0.0249. The van der Waals surface area contributed by atoms with E-state index in [0.717, 1.165) is 38.0 Å². The highest BCUT2D eigenvalue weighted by Crippen LogP contribution is 2.25. The van der Waals surface area contributed by atoms with Crippen molar-refractivity contribution in [1.29, 1.82) is 0 Å². The van der Waals surface area contributed by atoms with Crippen LogP contribution in [0.25, 0.3) is 0 Å². The van der Waals surface area contributed by atoms with E-state index in [4.69, 9.17) is 4.74 Å². The number of hydrogen-bond donors (Lipinski definition) is 2. The molecule has 0 bridgehead atoms. The van der Waals surface area contributed by atoms with E-state index in [9.17, 15) is 4.79 Å². The minimum atomic E-state index is -0.115. The molecule has 0 radical (unpaired) electrons. The highest BCUT2D eigenvalue weighted by molar-refractivity contribution is 5.92. The fourth-order valence-electron chi connectivity index (χ4n) is 3.21. The summed E-state index contributed by atoms with van der Waals surface area (Å²) in [5.74, 6) is 0.0249. The lowest BCUT2D eigenvalue weighted by atomic mass is 9.88. The van der Waals surface area contributed by atoms with Gasteiger partial charge in [-0.15, -0.1) is 0 Å². The molecule has 0 aromatic heterocycles. The van der Waals surface area contributed by atoms with Crippen LogP contribution in [0.15, 0.2) is 42.0 Å². The van der Waals surface area contributed by atoms with Gasteiger partial charge in [-0.25, -0.2) is 0 Å². The van der Waals surface area contributed by atoms with Crippen molar-refractivity contribution >= 4 is 5.91 Å². The maximum absolute atomic E-state index is 12.2. The molecule has 1 heterocycles. The van der Waals surface area contributed by atoms with Crippen LogP contribution in [0.2, 0.25) is 0 Å². The molecule has 0 aliphatic carbocycles. The van der Waals surface area contributed by atoms with Gasteiger partial charge in [0.05, 0.1) is 0 Å². The van der Waals surface area contributed by atoms with Gasteiger partial charge in [-0.3, -0.25) is 4.79 Å². The summed E-state index contributed by atoms with van der Waals surface area (Å²) in [6.07, 6.45) is 4.65. The monoisotopic (exact) mass is 330 g/mol. The average Bonchev–Trinajstić information content (AvgIpc) is 2.61. The van der Waals surface area contributed by atoms with E-state index in [1.165, 1.54) is 5.56 Å². The molecule has 2 N–H and O–H groups in total. The van der Waals surface area contributed by atoms with Crippen molar-refractivity contribution in [3.63, 3.8) is 0 Å². The number of nitrogens with one attached hydrogen (secondary N) is 2. The number of amides is 1. The first-order valence-corrected chi connectivity index (χ1v) is 8.92. The summed E-state index contributed by atoms with van der Waals surface area (Å²) < 4.78 is 5.54. The SMILES string of the molecule is CC/C=C(\C)C(=O)NCC1(N[C@H](C)c2ccccc2)CCOCC1. The van der Waals surface area contributed by atoms with Crippen LogP contribution in [0, 0.1) is 0 Å². The molecule has 0 spiro atoms. The van der Waals surface area contributed by atoms with Crippen molar-refractivity contribution in [3.05, 3.63) is 47.5 Å². The second-order valence-electron chi connectivity index (χ2n) is 6.65. The number of allylic oxidation sites excluding steroid dienone is 1. The molecule has 24 heavy (non-hydrogen) atoms. The Balaban J connectivity index is 2.03. The van der Waals surface area contributed by atoms with Crippen LogP contribution in [0.1, 0.15) is 51.6 Å². The van der Waals surface area contributed by atoms with E-state index >= 15 is 0 Å². The molecule has 1 aliphatic heterocycles. The highest BCUT2D eigenvalue weighted by Gasteiger charge is 2.34. The highest BCUT2D eigenvalue weighted by atomic mass is 16.5. The summed E-state index contributed by atoms with van der Waals surface area (Å²) >= 11 is 0. The van der Waals surface area contributed by atoms with Crippen LogP contribution in [0.5, 0.6) is 0 Å². The third-order valence-corrected chi connectivity index (χ3v) is 4.73. The summed E-state index contributed by atoms with van der Waals surface area (Å²) in [7, 11) is 0. The van der Waals surface area contributed by atoms with E-state index in [-0.39, 0.29) is 17.5 Å².